The van der Waals surface area contributed by atoms with E-state index in [2.05, 4.69) is 10.6 Å². The summed E-state index contributed by atoms with van der Waals surface area (Å²) in [6.45, 7) is 4.03. The molecule has 1 unspecified atom stereocenters. The summed E-state index contributed by atoms with van der Waals surface area (Å²) < 4.78 is 5.32. The quantitative estimate of drug-likeness (QED) is 0.200. The molecule has 1 aliphatic carbocycles. The second-order valence-corrected chi connectivity index (χ2v) is 11.8. The van der Waals surface area contributed by atoms with Crippen molar-refractivity contribution in [3.8, 4) is 0 Å². The normalized spacial score (nSPS) is 13.3. The van der Waals surface area contributed by atoms with Crippen molar-refractivity contribution in [3.63, 3.8) is 0 Å². The van der Waals surface area contributed by atoms with Gasteiger partial charge in [0.1, 0.15) is 5.00 Å². The van der Waals surface area contributed by atoms with E-state index >= 15 is 0 Å². The lowest BCUT2D eigenvalue weighted by atomic mass is 9.95. The van der Waals surface area contributed by atoms with E-state index in [1.807, 2.05) is 43.3 Å². The maximum atomic E-state index is 13.3. The van der Waals surface area contributed by atoms with Crippen LogP contribution in [0.25, 0.3) is 0 Å². The molecule has 2 aromatic carbocycles. The van der Waals surface area contributed by atoms with Gasteiger partial charge in [-0.3, -0.25) is 9.59 Å². The molecule has 0 saturated heterocycles. The molecule has 3 aromatic rings. The van der Waals surface area contributed by atoms with Crippen LogP contribution in [0, 0.1) is 0 Å². The Labute approximate surface area is 236 Å². The Hall–Kier alpha value is -2.81. The van der Waals surface area contributed by atoms with Gasteiger partial charge in [-0.2, -0.15) is 0 Å². The van der Waals surface area contributed by atoms with E-state index in [1.54, 1.807) is 19.1 Å². The number of fused-ring (bicyclic) bond motifs is 1. The smallest absolute Gasteiger partial charge is 0.341 e. The number of ether oxygens (including phenoxy) is 1. The summed E-state index contributed by atoms with van der Waals surface area (Å²) in [6, 6.07) is 14.7. The summed E-state index contributed by atoms with van der Waals surface area (Å²) in [7, 11) is 0. The van der Waals surface area contributed by atoms with Gasteiger partial charge < -0.3 is 15.4 Å². The Bertz CT molecular complexity index is 1310. The molecule has 0 saturated carbocycles. The number of rotatable bonds is 10. The molecule has 0 aliphatic heterocycles. The SMILES string of the molecule is CCOC(=O)c1c(NC(=O)C(CC)Sc2cccc(NC(=O)Cc3ccc(Cl)cc3)c2)sc2c1CCCC2. The Kier molecular flexibility index (Phi) is 9.88. The molecule has 0 fully saturated rings. The maximum absolute atomic E-state index is 13.3. The molecule has 4 rings (SSSR count). The minimum Gasteiger partial charge on any atom is -0.462 e. The highest BCUT2D eigenvalue weighted by Crippen LogP contribution is 2.39. The van der Waals surface area contributed by atoms with Gasteiger partial charge in [0.15, 0.2) is 0 Å². The third kappa shape index (κ3) is 7.18. The van der Waals surface area contributed by atoms with Crippen molar-refractivity contribution in [3.05, 3.63) is 75.1 Å². The number of anilines is 2. The molecule has 200 valence electrons. The molecular weight excluding hydrogens is 540 g/mol. The number of carbonyl (C=O) groups excluding carboxylic acids is 3. The molecular formula is C29H31ClN2O4S2. The fourth-order valence-electron chi connectivity index (χ4n) is 4.39. The van der Waals surface area contributed by atoms with Crippen LogP contribution in [0.4, 0.5) is 10.7 Å². The molecule has 0 spiro atoms. The van der Waals surface area contributed by atoms with Gasteiger partial charge in [0.2, 0.25) is 11.8 Å². The zero-order valence-corrected chi connectivity index (χ0v) is 23.9. The van der Waals surface area contributed by atoms with Crippen molar-refractivity contribution in [2.45, 2.75) is 62.5 Å². The first kappa shape index (κ1) is 28.2. The summed E-state index contributed by atoms with van der Waals surface area (Å²) in [6.07, 6.45) is 4.71. The van der Waals surface area contributed by atoms with Gasteiger partial charge in [0.05, 0.1) is 23.8 Å². The number of nitrogens with one attached hydrogen (secondary N) is 2. The van der Waals surface area contributed by atoms with E-state index in [0.717, 1.165) is 46.6 Å². The van der Waals surface area contributed by atoms with Crippen LogP contribution in [-0.4, -0.2) is 29.6 Å². The molecule has 1 atom stereocenters. The highest BCUT2D eigenvalue weighted by atomic mass is 35.5. The van der Waals surface area contributed by atoms with Gasteiger partial charge in [0, 0.05) is 20.5 Å². The molecule has 1 aromatic heterocycles. The maximum Gasteiger partial charge on any atom is 0.341 e. The van der Waals surface area contributed by atoms with Crippen LogP contribution in [0.5, 0.6) is 0 Å². The molecule has 0 bridgehead atoms. The summed E-state index contributed by atoms with van der Waals surface area (Å²) in [5.74, 6) is -0.656. The van der Waals surface area contributed by atoms with Gasteiger partial charge >= 0.3 is 5.97 Å². The number of esters is 1. The Morgan fingerprint density at radius 2 is 1.82 bits per heavy atom. The number of thiophene rings is 1. The summed E-state index contributed by atoms with van der Waals surface area (Å²) >= 11 is 8.85. The molecule has 1 aliphatic rings. The lowest BCUT2D eigenvalue weighted by Gasteiger charge is -2.16. The number of aryl methyl sites for hydroxylation is 1. The van der Waals surface area contributed by atoms with E-state index in [4.69, 9.17) is 16.3 Å². The van der Waals surface area contributed by atoms with Crippen molar-refractivity contribution in [1.29, 1.82) is 0 Å². The second-order valence-electron chi connectivity index (χ2n) is 9.02. The van der Waals surface area contributed by atoms with Crippen LogP contribution in [0.3, 0.4) is 0 Å². The minimum atomic E-state index is -0.371. The first-order valence-electron chi connectivity index (χ1n) is 12.8. The lowest BCUT2D eigenvalue weighted by molar-refractivity contribution is -0.116. The van der Waals surface area contributed by atoms with Crippen LogP contribution >= 0.6 is 34.7 Å². The lowest BCUT2D eigenvalue weighted by Crippen LogP contribution is -2.25. The Morgan fingerprint density at radius 1 is 1.05 bits per heavy atom. The molecule has 6 nitrogen and oxygen atoms in total. The third-order valence-electron chi connectivity index (χ3n) is 6.22. The van der Waals surface area contributed by atoms with Crippen molar-refractivity contribution in [2.24, 2.45) is 0 Å². The minimum absolute atomic E-state index is 0.132. The molecule has 1 heterocycles. The molecule has 9 heteroatoms. The molecule has 0 radical (unpaired) electrons. The van der Waals surface area contributed by atoms with E-state index < -0.39 is 0 Å². The fourth-order valence-corrected chi connectivity index (χ4v) is 6.81. The van der Waals surface area contributed by atoms with Crippen LogP contribution in [0.1, 0.15) is 59.5 Å². The van der Waals surface area contributed by atoms with E-state index in [9.17, 15) is 14.4 Å². The Morgan fingerprint density at radius 3 is 2.55 bits per heavy atom. The average molecular weight is 571 g/mol. The zero-order valence-electron chi connectivity index (χ0n) is 21.5. The largest absolute Gasteiger partial charge is 0.462 e. The molecule has 38 heavy (non-hydrogen) atoms. The Balaban J connectivity index is 1.43. The predicted octanol–water partition coefficient (Wildman–Crippen LogP) is 7.15. The van der Waals surface area contributed by atoms with Crippen LogP contribution < -0.4 is 10.6 Å². The van der Waals surface area contributed by atoms with Crippen molar-refractivity contribution in [2.75, 3.05) is 17.2 Å². The van der Waals surface area contributed by atoms with Crippen molar-refractivity contribution in [1.82, 2.24) is 0 Å². The standard InChI is InChI=1S/C29H31ClN2O4S2/c1-3-23(27(34)32-28-26(29(35)36-4-2)22-10-5-6-11-24(22)38-28)37-21-9-7-8-20(17-21)31-25(33)16-18-12-14-19(30)15-13-18/h7-9,12-15,17,23H,3-6,10-11,16H2,1-2H3,(H,31,33)(H,32,34). The monoisotopic (exact) mass is 570 g/mol. The number of hydrogen-bond acceptors (Lipinski definition) is 6. The summed E-state index contributed by atoms with van der Waals surface area (Å²) in [5.41, 5.74) is 3.08. The highest BCUT2D eigenvalue weighted by molar-refractivity contribution is 8.00. The van der Waals surface area contributed by atoms with E-state index in [-0.39, 0.29) is 36.1 Å². The second kappa shape index (κ2) is 13.3. The number of carbonyl (C=O) groups is 3. The molecule has 2 amide bonds. The summed E-state index contributed by atoms with van der Waals surface area (Å²) in [4.78, 5) is 40.6. The van der Waals surface area contributed by atoms with Crippen LogP contribution in [0.2, 0.25) is 5.02 Å². The van der Waals surface area contributed by atoms with Gasteiger partial charge in [0.25, 0.3) is 0 Å². The van der Waals surface area contributed by atoms with Crippen molar-refractivity contribution < 1.29 is 19.1 Å². The number of halogens is 1. The third-order valence-corrected chi connectivity index (χ3v) is 9.04. The highest BCUT2D eigenvalue weighted by Gasteiger charge is 2.29. The average Bonchev–Trinajstić information content (AvgIpc) is 3.26. The first-order valence-corrected chi connectivity index (χ1v) is 14.9. The van der Waals surface area contributed by atoms with Crippen LogP contribution in [-0.2, 0) is 33.6 Å². The van der Waals surface area contributed by atoms with Gasteiger partial charge in [-0.15, -0.1) is 23.1 Å². The van der Waals surface area contributed by atoms with E-state index in [1.165, 1.54) is 23.1 Å². The topological polar surface area (TPSA) is 84.5 Å². The summed E-state index contributed by atoms with van der Waals surface area (Å²) in [5, 5.41) is 6.81. The number of hydrogen-bond donors (Lipinski definition) is 2. The van der Waals surface area contributed by atoms with Gasteiger partial charge in [-0.05, 0) is 80.5 Å². The number of thioether (sulfide) groups is 1. The van der Waals surface area contributed by atoms with Crippen molar-refractivity contribution >= 4 is 63.2 Å². The fraction of sp³-hybridized carbons (Fsp3) is 0.345. The number of amides is 2. The van der Waals surface area contributed by atoms with Gasteiger partial charge in [-0.25, -0.2) is 4.79 Å². The van der Waals surface area contributed by atoms with Gasteiger partial charge in [-0.1, -0.05) is 36.7 Å². The molecule has 2 N–H and O–H groups in total. The first-order chi connectivity index (χ1) is 18.4. The van der Waals surface area contributed by atoms with Crippen LogP contribution in [0.15, 0.2) is 53.4 Å². The number of benzene rings is 2. The zero-order chi connectivity index (χ0) is 27.1. The van der Waals surface area contributed by atoms with E-state index in [0.29, 0.717) is 27.7 Å². The predicted molar refractivity (Wildman–Crippen MR) is 156 cm³/mol.